The molecule has 2 nitrogen and oxygen atoms in total. The summed E-state index contributed by atoms with van der Waals surface area (Å²) < 4.78 is 15.3. The fraction of sp³-hybridized carbons (Fsp3) is 0.133. The zero-order valence-corrected chi connectivity index (χ0v) is 10.3. The smallest absolute Gasteiger partial charge is 0.137 e. The van der Waals surface area contributed by atoms with Crippen molar-refractivity contribution < 1.29 is 4.39 Å². The van der Waals surface area contributed by atoms with Crippen LogP contribution in [-0.4, -0.2) is 9.38 Å². The van der Waals surface area contributed by atoms with Gasteiger partial charge >= 0.3 is 0 Å². The SMILES string of the molecule is Cc1ccn2c(-c3cccc(F)c3)c(C)nc2c1. The fourth-order valence-electron chi connectivity index (χ4n) is 2.25. The first-order valence-corrected chi connectivity index (χ1v) is 5.86. The maximum absolute atomic E-state index is 13.3. The summed E-state index contributed by atoms with van der Waals surface area (Å²) in [6.07, 6.45) is 1.98. The quantitative estimate of drug-likeness (QED) is 0.633. The van der Waals surface area contributed by atoms with Crippen LogP contribution >= 0.6 is 0 Å². The van der Waals surface area contributed by atoms with Gasteiger partial charge in [0.25, 0.3) is 0 Å². The number of hydrogen-bond acceptors (Lipinski definition) is 1. The van der Waals surface area contributed by atoms with Crippen molar-refractivity contribution >= 4 is 5.65 Å². The zero-order valence-electron chi connectivity index (χ0n) is 10.3. The summed E-state index contributed by atoms with van der Waals surface area (Å²) in [5.74, 6) is -0.228. The first kappa shape index (κ1) is 11.0. The normalized spacial score (nSPS) is 11.1. The van der Waals surface area contributed by atoms with Gasteiger partial charge in [-0.3, -0.25) is 4.40 Å². The third-order valence-corrected chi connectivity index (χ3v) is 3.05. The highest BCUT2D eigenvalue weighted by atomic mass is 19.1. The molecule has 3 aromatic rings. The second-order valence-corrected chi connectivity index (χ2v) is 4.49. The van der Waals surface area contributed by atoms with Gasteiger partial charge in [0.2, 0.25) is 0 Å². The van der Waals surface area contributed by atoms with Gasteiger partial charge in [-0.05, 0) is 43.7 Å². The highest BCUT2D eigenvalue weighted by Gasteiger charge is 2.11. The summed E-state index contributed by atoms with van der Waals surface area (Å²) in [5.41, 5.74) is 4.77. The molecule has 0 fully saturated rings. The lowest BCUT2D eigenvalue weighted by atomic mass is 10.1. The van der Waals surface area contributed by atoms with Crippen LogP contribution in [0.3, 0.4) is 0 Å². The number of aromatic nitrogens is 2. The summed E-state index contributed by atoms with van der Waals surface area (Å²) in [4.78, 5) is 4.52. The summed E-state index contributed by atoms with van der Waals surface area (Å²) >= 11 is 0. The van der Waals surface area contributed by atoms with Crippen LogP contribution in [0, 0.1) is 19.7 Å². The number of halogens is 1. The van der Waals surface area contributed by atoms with Gasteiger partial charge in [0.05, 0.1) is 11.4 Å². The predicted octanol–water partition coefficient (Wildman–Crippen LogP) is 3.76. The largest absolute Gasteiger partial charge is 0.299 e. The number of nitrogens with zero attached hydrogens (tertiary/aromatic N) is 2. The molecule has 0 spiro atoms. The molecule has 0 radical (unpaired) electrons. The average molecular weight is 240 g/mol. The van der Waals surface area contributed by atoms with E-state index in [0.717, 1.165) is 22.6 Å². The highest BCUT2D eigenvalue weighted by molar-refractivity contribution is 5.67. The maximum atomic E-state index is 13.3. The maximum Gasteiger partial charge on any atom is 0.137 e. The van der Waals surface area contributed by atoms with Crippen molar-refractivity contribution in [3.05, 3.63) is 59.7 Å². The van der Waals surface area contributed by atoms with Crippen LogP contribution in [-0.2, 0) is 0 Å². The molecule has 0 aliphatic rings. The van der Waals surface area contributed by atoms with Crippen LogP contribution in [0.5, 0.6) is 0 Å². The highest BCUT2D eigenvalue weighted by Crippen LogP contribution is 2.25. The average Bonchev–Trinajstić information content (AvgIpc) is 2.64. The Balaban J connectivity index is 2.32. The minimum atomic E-state index is -0.228. The van der Waals surface area contributed by atoms with E-state index in [1.54, 1.807) is 6.07 Å². The Morgan fingerprint density at radius 3 is 2.72 bits per heavy atom. The van der Waals surface area contributed by atoms with Crippen LogP contribution in [0.2, 0.25) is 0 Å². The van der Waals surface area contributed by atoms with Crippen LogP contribution in [0.1, 0.15) is 11.3 Å². The molecule has 0 saturated carbocycles. The van der Waals surface area contributed by atoms with Gasteiger partial charge in [-0.25, -0.2) is 9.37 Å². The first-order valence-electron chi connectivity index (χ1n) is 5.86. The molecule has 0 amide bonds. The molecule has 0 N–H and O–H groups in total. The van der Waals surface area contributed by atoms with Gasteiger partial charge in [-0.1, -0.05) is 12.1 Å². The predicted molar refractivity (Wildman–Crippen MR) is 70.1 cm³/mol. The molecule has 0 unspecified atom stereocenters. The number of hydrogen-bond donors (Lipinski definition) is 0. The molecule has 90 valence electrons. The molecule has 1 aromatic carbocycles. The lowest BCUT2D eigenvalue weighted by Crippen LogP contribution is -1.90. The molecule has 0 bridgehead atoms. The van der Waals surface area contributed by atoms with E-state index in [1.165, 1.54) is 17.7 Å². The Morgan fingerprint density at radius 1 is 1.11 bits per heavy atom. The Kier molecular flexibility index (Phi) is 2.40. The molecule has 0 saturated heterocycles. The van der Waals surface area contributed by atoms with Crippen LogP contribution in [0.15, 0.2) is 42.6 Å². The Bertz CT molecular complexity index is 728. The monoisotopic (exact) mass is 240 g/mol. The van der Waals surface area contributed by atoms with E-state index in [2.05, 4.69) is 4.98 Å². The lowest BCUT2D eigenvalue weighted by Gasteiger charge is -2.04. The third kappa shape index (κ3) is 1.68. The van der Waals surface area contributed by atoms with Gasteiger partial charge in [0, 0.05) is 11.8 Å². The van der Waals surface area contributed by atoms with E-state index >= 15 is 0 Å². The zero-order chi connectivity index (χ0) is 12.7. The molecular formula is C15H13FN2. The molecule has 0 aliphatic heterocycles. The first-order chi connectivity index (χ1) is 8.65. The molecular weight excluding hydrogens is 227 g/mol. The van der Waals surface area contributed by atoms with Crippen molar-refractivity contribution in [2.45, 2.75) is 13.8 Å². The molecule has 3 rings (SSSR count). The van der Waals surface area contributed by atoms with Crippen LogP contribution in [0.25, 0.3) is 16.9 Å². The summed E-state index contributed by atoms with van der Waals surface area (Å²) in [7, 11) is 0. The number of benzene rings is 1. The van der Waals surface area contributed by atoms with E-state index in [0.29, 0.717) is 0 Å². The van der Waals surface area contributed by atoms with E-state index in [9.17, 15) is 4.39 Å². The van der Waals surface area contributed by atoms with Crippen molar-refractivity contribution in [3.63, 3.8) is 0 Å². The summed E-state index contributed by atoms with van der Waals surface area (Å²) in [6.45, 7) is 3.98. The van der Waals surface area contributed by atoms with E-state index in [1.807, 2.05) is 42.6 Å². The van der Waals surface area contributed by atoms with Crippen molar-refractivity contribution in [1.82, 2.24) is 9.38 Å². The number of pyridine rings is 1. The van der Waals surface area contributed by atoms with Gasteiger partial charge < -0.3 is 0 Å². The number of rotatable bonds is 1. The van der Waals surface area contributed by atoms with E-state index < -0.39 is 0 Å². The van der Waals surface area contributed by atoms with Gasteiger partial charge in [0.1, 0.15) is 11.5 Å². The molecule has 0 aliphatic carbocycles. The van der Waals surface area contributed by atoms with Gasteiger partial charge in [-0.2, -0.15) is 0 Å². The Labute approximate surface area is 105 Å². The second-order valence-electron chi connectivity index (χ2n) is 4.49. The minimum absolute atomic E-state index is 0.228. The topological polar surface area (TPSA) is 17.3 Å². The number of aryl methyl sites for hydroxylation is 2. The number of fused-ring (bicyclic) bond motifs is 1. The van der Waals surface area contributed by atoms with Crippen LogP contribution in [0.4, 0.5) is 4.39 Å². The number of imidazole rings is 1. The van der Waals surface area contributed by atoms with Gasteiger partial charge in [-0.15, -0.1) is 0 Å². The molecule has 0 atom stereocenters. The standard InChI is InChI=1S/C15H13FN2/c1-10-6-7-18-14(8-10)17-11(2)15(18)12-4-3-5-13(16)9-12/h3-9H,1-2H3. The van der Waals surface area contributed by atoms with Gasteiger partial charge in [0.15, 0.2) is 0 Å². The summed E-state index contributed by atoms with van der Waals surface area (Å²) in [5, 5.41) is 0. The minimum Gasteiger partial charge on any atom is -0.299 e. The van der Waals surface area contributed by atoms with Crippen molar-refractivity contribution in [3.8, 4) is 11.3 Å². The third-order valence-electron chi connectivity index (χ3n) is 3.05. The van der Waals surface area contributed by atoms with E-state index in [4.69, 9.17) is 0 Å². The lowest BCUT2D eigenvalue weighted by molar-refractivity contribution is 0.628. The van der Waals surface area contributed by atoms with Crippen molar-refractivity contribution in [2.75, 3.05) is 0 Å². The fourth-order valence-corrected chi connectivity index (χ4v) is 2.25. The molecule has 3 heteroatoms. The molecule has 18 heavy (non-hydrogen) atoms. The Morgan fingerprint density at radius 2 is 1.94 bits per heavy atom. The van der Waals surface area contributed by atoms with E-state index in [-0.39, 0.29) is 5.82 Å². The van der Waals surface area contributed by atoms with Crippen molar-refractivity contribution in [2.24, 2.45) is 0 Å². The van der Waals surface area contributed by atoms with Crippen LogP contribution < -0.4 is 0 Å². The molecule has 2 aromatic heterocycles. The summed E-state index contributed by atoms with van der Waals surface area (Å²) in [6, 6.07) is 10.7. The molecule has 2 heterocycles. The Hall–Kier alpha value is -2.16. The second kappa shape index (κ2) is 3.95. The van der Waals surface area contributed by atoms with Crippen molar-refractivity contribution in [1.29, 1.82) is 0 Å².